The third kappa shape index (κ3) is 3.22. The van der Waals surface area contributed by atoms with Crippen LogP contribution in [0, 0.1) is 0 Å². The second-order valence-corrected chi connectivity index (χ2v) is 8.45. The Morgan fingerprint density at radius 3 is 2.09 bits per heavy atom. The van der Waals surface area contributed by atoms with Crippen molar-refractivity contribution in [3.63, 3.8) is 0 Å². The monoisotopic (exact) mass is 488 g/mol. The smallest absolute Gasteiger partial charge is 0.336 e. The van der Waals surface area contributed by atoms with Crippen LogP contribution in [0.4, 0.5) is 4.79 Å². The number of nitrogens with zero attached hydrogens (tertiary/aromatic N) is 1. The van der Waals surface area contributed by atoms with E-state index in [4.69, 9.17) is 4.42 Å². The van der Waals surface area contributed by atoms with Gasteiger partial charge in [-0.1, -0.05) is 76.6 Å². The first-order chi connectivity index (χ1) is 15.5. The van der Waals surface area contributed by atoms with E-state index in [0.29, 0.717) is 27.7 Å². The summed E-state index contributed by atoms with van der Waals surface area (Å²) in [5.74, 6) is -0.404. The van der Waals surface area contributed by atoms with Gasteiger partial charge in [-0.3, -0.25) is 9.69 Å². The number of amides is 3. The number of imide groups is 1. The Morgan fingerprint density at radius 2 is 1.47 bits per heavy atom. The lowest BCUT2D eigenvalue weighted by Gasteiger charge is -2.28. The van der Waals surface area contributed by atoms with Gasteiger partial charge in [-0.2, -0.15) is 0 Å². The fourth-order valence-electron chi connectivity index (χ4n) is 4.16. The fraction of sp³-hybridized carbons (Fsp3) is 0.0800. The zero-order valence-electron chi connectivity index (χ0n) is 16.7. The molecule has 0 saturated carbocycles. The van der Waals surface area contributed by atoms with Gasteiger partial charge in [0.05, 0.1) is 6.54 Å². The van der Waals surface area contributed by atoms with Gasteiger partial charge in [0.1, 0.15) is 5.58 Å². The van der Waals surface area contributed by atoms with Crippen LogP contribution in [0.3, 0.4) is 0 Å². The zero-order valence-corrected chi connectivity index (χ0v) is 18.3. The minimum atomic E-state index is -1.35. The molecule has 3 amide bonds. The van der Waals surface area contributed by atoms with E-state index in [2.05, 4.69) is 21.2 Å². The molecule has 0 aliphatic carbocycles. The van der Waals surface area contributed by atoms with Crippen LogP contribution in [-0.2, 0) is 16.9 Å². The lowest BCUT2D eigenvalue weighted by molar-refractivity contribution is -0.130. The summed E-state index contributed by atoms with van der Waals surface area (Å²) in [6.07, 6.45) is 0. The molecule has 2 heterocycles. The first-order valence-electron chi connectivity index (χ1n) is 9.96. The highest BCUT2D eigenvalue weighted by atomic mass is 79.9. The molecule has 1 N–H and O–H groups in total. The lowest BCUT2D eigenvalue weighted by Crippen LogP contribution is -2.45. The molecule has 0 spiro atoms. The van der Waals surface area contributed by atoms with E-state index in [9.17, 15) is 14.4 Å². The van der Waals surface area contributed by atoms with Crippen molar-refractivity contribution >= 4 is 38.8 Å². The maximum Gasteiger partial charge on any atom is 0.336 e. The highest BCUT2D eigenvalue weighted by Gasteiger charge is 2.53. The van der Waals surface area contributed by atoms with Gasteiger partial charge in [0.25, 0.3) is 5.91 Å². The van der Waals surface area contributed by atoms with Gasteiger partial charge in [-0.25, -0.2) is 9.59 Å². The Kier molecular flexibility index (Phi) is 4.90. The van der Waals surface area contributed by atoms with E-state index < -0.39 is 23.1 Å². The molecule has 0 atom stereocenters. The summed E-state index contributed by atoms with van der Waals surface area (Å²) < 4.78 is 6.05. The van der Waals surface area contributed by atoms with Crippen LogP contribution in [0.1, 0.15) is 16.7 Å². The SMILES string of the molecule is O=C1NC(c2ccccc2)(c2ccccc2)C(=O)N1Cc1cc(=O)oc2cc(Br)ccc12. The van der Waals surface area contributed by atoms with Crippen LogP contribution in [0.2, 0.25) is 0 Å². The number of urea groups is 1. The minimum Gasteiger partial charge on any atom is -0.423 e. The van der Waals surface area contributed by atoms with E-state index in [1.54, 1.807) is 12.1 Å². The molecule has 158 valence electrons. The van der Waals surface area contributed by atoms with Crippen molar-refractivity contribution in [2.75, 3.05) is 0 Å². The first-order valence-corrected chi connectivity index (χ1v) is 10.8. The molecule has 1 saturated heterocycles. The van der Waals surface area contributed by atoms with Crippen LogP contribution in [0.15, 0.2) is 98.6 Å². The maximum atomic E-state index is 13.9. The van der Waals surface area contributed by atoms with E-state index >= 15 is 0 Å². The van der Waals surface area contributed by atoms with E-state index in [0.717, 1.165) is 9.37 Å². The standard InChI is InChI=1S/C25H17BrN2O4/c26-19-11-12-20-16(13-22(29)32-21(20)14-19)15-28-23(30)25(27-24(28)31,17-7-3-1-4-8-17)18-9-5-2-6-10-18/h1-14H,15H2,(H,27,31). The number of nitrogens with one attached hydrogen (secondary N) is 1. The third-order valence-corrected chi connectivity index (χ3v) is 6.13. The topological polar surface area (TPSA) is 79.6 Å². The number of carbonyl (C=O) groups is 2. The summed E-state index contributed by atoms with van der Waals surface area (Å²) in [5.41, 5.74) is 0.338. The molecule has 32 heavy (non-hydrogen) atoms. The number of benzene rings is 3. The summed E-state index contributed by atoms with van der Waals surface area (Å²) in [4.78, 5) is 40.2. The van der Waals surface area contributed by atoms with Crippen molar-refractivity contribution in [3.05, 3.63) is 117 Å². The van der Waals surface area contributed by atoms with Gasteiger partial charge in [0, 0.05) is 15.9 Å². The molecule has 1 aliphatic rings. The number of fused-ring (bicyclic) bond motifs is 1. The Bertz CT molecular complexity index is 1360. The van der Waals surface area contributed by atoms with E-state index in [-0.39, 0.29) is 6.54 Å². The molecule has 0 radical (unpaired) electrons. The van der Waals surface area contributed by atoms with Crippen molar-refractivity contribution in [1.29, 1.82) is 0 Å². The van der Waals surface area contributed by atoms with Gasteiger partial charge in [0.15, 0.2) is 5.54 Å². The second kappa shape index (κ2) is 7.76. The van der Waals surface area contributed by atoms with Gasteiger partial charge in [0.2, 0.25) is 0 Å². The van der Waals surface area contributed by atoms with Crippen molar-refractivity contribution in [2.24, 2.45) is 0 Å². The normalized spacial score (nSPS) is 15.2. The fourth-order valence-corrected chi connectivity index (χ4v) is 4.50. The zero-order chi connectivity index (χ0) is 22.3. The molecule has 0 bridgehead atoms. The molecular formula is C25H17BrN2O4. The number of halogens is 1. The Morgan fingerprint density at radius 1 is 0.844 bits per heavy atom. The predicted molar refractivity (Wildman–Crippen MR) is 123 cm³/mol. The van der Waals surface area contributed by atoms with Crippen LogP contribution in [0.25, 0.3) is 11.0 Å². The van der Waals surface area contributed by atoms with Gasteiger partial charge in [-0.15, -0.1) is 0 Å². The Labute approximate surface area is 191 Å². The lowest BCUT2D eigenvalue weighted by atomic mass is 9.82. The van der Waals surface area contributed by atoms with Gasteiger partial charge < -0.3 is 9.73 Å². The highest BCUT2D eigenvalue weighted by molar-refractivity contribution is 9.10. The number of rotatable bonds is 4. The van der Waals surface area contributed by atoms with Crippen LogP contribution in [-0.4, -0.2) is 16.8 Å². The van der Waals surface area contributed by atoms with Gasteiger partial charge in [-0.05, 0) is 34.9 Å². The highest BCUT2D eigenvalue weighted by Crippen LogP contribution is 2.37. The number of carbonyl (C=O) groups excluding carboxylic acids is 2. The summed E-state index contributed by atoms with van der Waals surface area (Å²) in [7, 11) is 0. The molecule has 6 nitrogen and oxygen atoms in total. The second-order valence-electron chi connectivity index (χ2n) is 7.53. The summed E-state index contributed by atoms with van der Waals surface area (Å²) in [6.45, 7) is -0.0597. The van der Waals surface area contributed by atoms with E-state index in [1.165, 1.54) is 6.07 Å². The van der Waals surface area contributed by atoms with Crippen molar-refractivity contribution in [1.82, 2.24) is 10.2 Å². The van der Waals surface area contributed by atoms with Crippen molar-refractivity contribution in [3.8, 4) is 0 Å². The Hall–Kier alpha value is -3.71. The average molecular weight is 489 g/mol. The first kappa shape index (κ1) is 20.2. The quantitative estimate of drug-likeness (QED) is 0.337. The summed E-state index contributed by atoms with van der Waals surface area (Å²) in [6, 6.07) is 24.4. The molecule has 0 unspecified atom stereocenters. The minimum absolute atomic E-state index is 0.0597. The summed E-state index contributed by atoms with van der Waals surface area (Å²) in [5, 5.41) is 3.58. The molecular weight excluding hydrogens is 472 g/mol. The molecule has 5 rings (SSSR count). The third-order valence-electron chi connectivity index (χ3n) is 5.64. The molecule has 1 fully saturated rings. The predicted octanol–water partition coefficient (Wildman–Crippen LogP) is 4.55. The largest absolute Gasteiger partial charge is 0.423 e. The van der Waals surface area contributed by atoms with Crippen LogP contribution < -0.4 is 10.9 Å². The molecule has 3 aromatic carbocycles. The molecule has 1 aromatic heterocycles. The number of hydrogen-bond acceptors (Lipinski definition) is 4. The average Bonchev–Trinajstić information content (AvgIpc) is 3.05. The summed E-state index contributed by atoms with van der Waals surface area (Å²) >= 11 is 3.36. The molecule has 7 heteroatoms. The number of hydrogen-bond donors (Lipinski definition) is 1. The van der Waals surface area contributed by atoms with Gasteiger partial charge >= 0.3 is 11.7 Å². The van der Waals surface area contributed by atoms with E-state index in [1.807, 2.05) is 66.7 Å². The van der Waals surface area contributed by atoms with Crippen LogP contribution in [0.5, 0.6) is 0 Å². The van der Waals surface area contributed by atoms with Crippen molar-refractivity contribution in [2.45, 2.75) is 12.1 Å². The Balaban J connectivity index is 1.62. The van der Waals surface area contributed by atoms with Crippen LogP contribution >= 0.6 is 15.9 Å². The van der Waals surface area contributed by atoms with Crippen molar-refractivity contribution < 1.29 is 14.0 Å². The molecule has 4 aromatic rings. The maximum absolute atomic E-state index is 13.9. The molecule has 1 aliphatic heterocycles.